The van der Waals surface area contributed by atoms with Crippen LogP contribution in [0.5, 0.6) is 0 Å². The van der Waals surface area contributed by atoms with Gasteiger partial charge < -0.3 is 4.74 Å². The van der Waals surface area contributed by atoms with Gasteiger partial charge in [-0.1, -0.05) is 13.3 Å². The molecule has 1 aliphatic rings. The molecule has 0 spiro atoms. The average Bonchev–Trinajstić information content (AvgIpc) is 2.45. The smallest absolute Gasteiger partial charge is 0.118 e. The van der Waals surface area contributed by atoms with Gasteiger partial charge in [-0.2, -0.15) is 0 Å². The summed E-state index contributed by atoms with van der Waals surface area (Å²) in [6.45, 7) is 6.85. The molecule has 2 nitrogen and oxygen atoms in total. The minimum atomic E-state index is 0.0369. The molecule has 0 saturated carbocycles. The number of hydrogen-bond donors (Lipinski definition) is 0. The van der Waals surface area contributed by atoms with E-state index < -0.39 is 0 Å². The monoisotopic (exact) mass is 171 g/mol. The van der Waals surface area contributed by atoms with E-state index in [9.17, 15) is 0 Å². The van der Waals surface area contributed by atoms with Crippen LogP contribution < -0.4 is 0 Å². The second kappa shape index (κ2) is 4.24. The maximum Gasteiger partial charge on any atom is 0.118 e. The van der Waals surface area contributed by atoms with Crippen LogP contribution in [0.4, 0.5) is 0 Å². The van der Waals surface area contributed by atoms with Crippen molar-refractivity contribution in [3.8, 4) is 0 Å². The van der Waals surface area contributed by atoms with E-state index in [0.717, 1.165) is 0 Å². The predicted octanol–water partition coefficient (Wildman–Crippen LogP) is 2.24. The highest BCUT2D eigenvalue weighted by atomic mass is 16.5. The Morgan fingerprint density at radius 2 is 2.25 bits per heavy atom. The molecule has 0 radical (unpaired) electrons. The van der Waals surface area contributed by atoms with E-state index in [2.05, 4.69) is 18.7 Å². The predicted molar refractivity (Wildman–Crippen MR) is 51.1 cm³/mol. The second-order valence-electron chi connectivity index (χ2n) is 3.82. The molecule has 0 aromatic heterocycles. The van der Waals surface area contributed by atoms with Crippen LogP contribution in [0.3, 0.4) is 0 Å². The van der Waals surface area contributed by atoms with Gasteiger partial charge in [0.2, 0.25) is 0 Å². The number of likely N-dealkylation sites (tertiary alicyclic amines) is 1. The summed E-state index contributed by atoms with van der Waals surface area (Å²) >= 11 is 0. The topological polar surface area (TPSA) is 12.5 Å². The number of nitrogens with zero attached hydrogens (tertiary/aromatic N) is 1. The minimum absolute atomic E-state index is 0.0369. The van der Waals surface area contributed by atoms with Gasteiger partial charge in [0.25, 0.3) is 0 Å². The van der Waals surface area contributed by atoms with Crippen molar-refractivity contribution in [1.82, 2.24) is 4.90 Å². The first-order chi connectivity index (χ1) is 5.73. The Morgan fingerprint density at radius 3 is 2.83 bits per heavy atom. The molecule has 0 amide bonds. The molecule has 1 heterocycles. The fraction of sp³-hybridized carbons (Fsp3) is 1.00. The molecule has 0 aromatic rings. The fourth-order valence-electron chi connectivity index (χ4n) is 1.92. The highest BCUT2D eigenvalue weighted by Crippen LogP contribution is 2.29. The van der Waals surface area contributed by atoms with E-state index in [1.165, 1.54) is 38.8 Å². The summed E-state index contributed by atoms with van der Waals surface area (Å²) in [5.74, 6) is 0. The van der Waals surface area contributed by atoms with Crippen LogP contribution in [0.1, 0.15) is 39.5 Å². The third kappa shape index (κ3) is 1.99. The van der Waals surface area contributed by atoms with Crippen molar-refractivity contribution in [2.24, 2.45) is 0 Å². The van der Waals surface area contributed by atoms with Crippen LogP contribution in [0, 0.1) is 0 Å². The van der Waals surface area contributed by atoms with Crippen molar-refractivity contribution in [3.63, 3.8) is 0 Å². The van der Waals surface area contributed by atoms with Crippen LogP contribution in [0.2, 0.25) is 0 Å². The molecule has 1 rings (SSSR count). The van der Waals surface area contributed by atoms with Crippen LogP contribution in [0.25, 0.3) is 0 Å². The van der Waals surface area contributed by atoms with Gasteiger partial charge in [-0.3, -0.25) is 4.90 Å². The number of rotatable bonds is 4. The number of ether oxygens (including phenoxy) is 1. The van der Waals surface area contributed by atoms with Gasteiger partial charge in [0.1, 0.15) is 5.72 Å². The standard InChI is InChI=1S/C10H21NO/c1-4-5-8-11-9-6-7-10(11,2)12-3/h4-9H2,1-3H3. The molecule has 0 aliphatic carbocycles. The fourth-order valence-corrected chi connectivity index (χ4v) is 1.92. The highest BCUT2D eigenvalue weighted by Gasteiger charge is 2.35. The summed E-state index contributed by atoms with van der Waals surface area (Å²) in [6, 6.07) is 0. The van der Waals surface area contributed by atoms with Crippen LogP contribution in [-0.2, 0) is 4.74 Å². The Kier molecular flexibility index (Phi) is 3.53. The van der Waals surface area contributed by atoms with E-state index in [1.54, 1.807) is 0 Å². The van der Waals surface area contributed by atoms with Gasteiger partial charge in [-0.25, -0.2) is 0 Å². The van der Waals surface area contributed by atoms with Crippen molar-refractivity contribution < 1.29 is 4.74 Å². The Morgan fingerprint density at radius 1 is 1.50 bits per heavy atom. The third-order valence-electron chi connectivity index (χ3n) is 2.96. The SMILES string of the molecule is CCCCN1CCCC1(C)OC. The largest absolute Gasteiger partial charge is 0.364 e. The summed E-state index contributed by atoms with van der Waals surface area (Å²) in [6.07, 6.45) is 5.04. The Labute approximate surface area is 75.9 Å². The maximum absolute atomic E-state index is 5.53. The number of hydrogen-bond acceptors (Lipinski definition) is 2. The third-order valence-corrected chi connectivity index (χ3v) is 2.96. The molecule has 12 heavy (non-hydrogen) atoms. The van der Waals surface area contributed by atoms with Crippen molar-refractivity contribution in [1.29, 1.82) is 0 Å². The zero-order valence-electron chi connectivity index (χ0n) is 8.60. The molecule has 2 heteroatoms. The Balaban J connectivity index is 2.40. The molecule has 0 aromatic carbocycles. The quantitative estimate of drug-likeness (QED) is 0.643. The lowest BCUT2D eigenvalue weighted by Gasteiger charge is -2.33. The molecule has 72 valence electrons. The van der Waals surface area contributed by atoms with Gasteiger partial charge in [0, 0.05) is 20.2 Å². The van der Waals surface area contributed by atoms with E-state index in [0.29, 0.717) is 0 Å². The van der Waals surface area contributed by atoms with Crippen LogP contribution >= 0.6 is 0 Å². The van der Waals surface area contributed by atoms with Gasteiger partial charge in [0.15, 0.2) is 0 Å². The van der Waals surface area contributed by atoms with Gasteiger partial charge in [-0.05, 0) is 26.2 Å². The molecule has 1 atom stereocenters. The maximum atomic E-state index is 5.53. The lowest BCUT2D eigenvalue weighted by atomic mass is 10.2. The van der Waals surface area contributed by atoms with Gasteiger partial charge in [0.05, 0.1) is 0 Å². The Bertz CT molecular complexity index is 138. The molecule has 0 bridgehead atoms. The minimum Gasteiger partial charge on any atom is -0.364 e. The normalized spacial score (nSPS) is 31.2. The van der Waals surface area contributed by atoms with Crippen LogP contribution in [0.15, 0.2) is 0 Å². The molecule has 1 unspecified atom stereocenters. The van der Waals surface area contributed by atoms with E-state index >= 15 is 0 Å². The van der Waals surface area contributed by atoms with E-state index in [-0.39, 0.29) is 5.72 Å². The first-order valence-corrected chi connectivity index (χ1v) is 5.03. The number of unbranched alkanes of at least 4 members (excludes halogenated alkanes) is 1. The second-order valence-corrected chi connectivity index (χ2v) is 3.82. The molecule has 0 N–H and O–H groups in total. The molecular weight excluding hydrogens is 150 g/mol. The van der Waals surface area contributed by atoms with Crippen molar-refractivity contribution >= 4 is 0 Å². The zero-order valence-corrected chi connectivity index (χ0v) is 8.60. The van der Waals surface area contributed by atoms with Crippen molar-refractivity contribution in [2.75, 3.05) is 20.2 Å². The molecule has 1 aliphatic heterocycles. The first-order valence-electron chi connectivity index (χ1n) is 5.03. The number of methoxy groups -OCH3 is 1. The van der Waals surface area contributed by atoms with Gasteiger partial charge >= 0.3 is 0 Å². The summed E-state index contributed by atoms with van der Waals surface area (Å²) in [7, 11) is 1.82. The van der Waals surface area contributed by atoms with Crippen LogP contribution in [-0.4, -0.2) is 30.8 Å². The summed E-state index contributed by atoms with van der Waals surface area (Å²) in [5.41, 5.74) is 0.0369. The summed E-state index contributed by atoms with van der Waals surface area (Å²) in [5, 5.41) is 0. The van der Waals surface area contributed by atoms with Crippen molar-refractivity contribution in [3.05, 3.63) is 0 Å². The average molecular weight is 171 g/mol. The molecular formula is C10H21NO. The first kappa shape index (κ1) is 10.0. The summed E-state index contributed by atoms with van der Waals surface area (Å²) < 4.78 is 5.53. The highest BCUT2D eigenvalue weighted by molar-refractivity contribution is 4.83. The molecule has 1 fully saturated rings. The van der Waals surface area contributed by atoms with Gasteiger partial charge in [-0.15, -0.1) is 0 Å². The van der Waals surface area contributed by atoms with E-state index in [1.807, 2.05) is 7.11 Å². The van der Waals surface area contributed by atoms with E-state index in [4.69, 9.17) is 4.74 Å². The zero-order chi connectivity index (χ0) is 9.03. The molecule has 1 saturated heterocycles. The lowest BCUT2D eigenvalue weighted by Crippen LogP contribution is -2.43. The lowest BCUT2D eigenvalue weighted by molar-refractivity contribution is -0.0974. The summed E-state index contributed by atoms with van der Waals surface area (Å²) in [4.78, 5) is 2.47. The Hall–Kier alpha value is -0.0800. The van der Waals surface area contributed by atoms with Crippen molar-refractivity contribution in [2.45, 2.75) is 45.3 Å².